The molecule has 0 radical (unpaired) electrons. The quantitative estimate of drug-likeness (QED) is 0.396. The fourth-order valence-corrected chi connectivity index (χ4v) is 2.90. The zero-order valence-corrected chi connectivity index (χ0v) is 14.5. The number of aromatic nitrogens is 2. The molecule has 0 aliphatic rings. The van der Waals surface area contributed by atoms with Gasteiger partial charge in [0.25, 0.3) is 5.69 Å². The lowest BCUT2D eigenvalue weighted by molar-refractivity contribution is -0.384. The molecule has 8 heteroatoms. The Kier molecular flexibility index (Phi) is 4.43. The van der Waals surface area contributed by atoms with Crippen LogP contribution >= 0.6 is 0 Å². The average Bonchev–Trinajstić information content (AvgIpc) is 3.06. The molecule has 8 nitrogen and oxygen atoms in total. The number of fused-ring (bicyclic) bond motifs is 1. The maximum atomic E-state index is 12.3. The predicted molar refractivity (Wildman–Crippen MR) is 104 cm³/mol. The number of carbonyl (C=O) groups excluding carboxylic acids is 1. The number of pyridine rings is 1. The summed E-state index contributed by atoms with van der Waals surface area (Å²) >= 11 is 0. The summed E-state index contributed by atoms with van der Waals surface area (Å²) in [6, 6.07) is 18.7. The van der Waals surface area contributed by atoms with Crippen LogP contribution in [-0.4, -0.2) is 21.0 Å². The van der Waals surface area contributed by atoms with E-state index in [1.807, 2.05) is 30.3 Å². The van der Waals surface area contributed by atoms with Crippen molar-refractivity contribution in [2.24, 2.45) is 0 Å². The molecule has 2 N–H and O–H groups in total. The highest BCUT2D eigenvalue weighted by Gasteiger charge is 2.20. The van der Waals surface area contributed by atoms with Crippen LogP contribution in [0.4, 0.5) is 16.3 Å². The number of hydrogen-bond acceptors (Lipinski definition) is 5. The van der Waals surface area contributed by atoms with Crippen LogP contribution in [0.1, 0.15) is 0 Å². The summed E-state index contributed by atoms with van der Waals surface area (Å²) in [5, 5.41) is 14.3. The molecular formula is C20H14N4O4. The third-order valence-electron chi connectivity index (χ3n) is 4.11. The molecule has 4 aromatic rings. The number of H-pyrrole nitrogens is 1. The molecular weight excluding hydrogens is 360 g/mol. The van der Waals surface area contributed by atoms with Gasteiger partial charge < -0.3 is 9.72 Å². The third kappa shape index (κ3) is 3.38. The normalized spacial score (nSPS) is 10.6. The van der Waals surface area contributed by atoms with Crippen molar-refractivity contribution < 1.29 is 14.5 Å². The highest BCUT2D eigenvalue weighted by molar-refractivity contribution is 6.01. The van der Waals surface area contributed by atoms with Gasteiger partial charge in [-0.25, -0.2) is 9.78 Å². The summed E-state index contributed by atoms with van der Waals surface area (Å²) in [6.07, 6.45) is 0.824. The Morgan fingerprint density at radius 3 is 2.57 bits per heavy atom. The second-order valence-corrected chi connectivity index (χ2v) is 5.91. The minimum Gasteiger partial charge on any atom is -0.392 e. The molecule has 0 unspecified atom stereocenters. The summed E-state index contributed by atoms with van der Waals surface area (Å²) in [4.78, 5) is 30.1. The molecule has 0 atom stereocenters. The molecule has 138 valence electrons. The van der Waals surface area contributed by atoms with Gasteiger partial charge in [-0.15, -0.1) is 0 Å². The second-order valence-electron chi connectivity index (χ2n) is 5.91. The van der Waals surface area contributed by atoms with E-state index in [2.05, 4.69) is 15.3 Å². The topological polar surface area (TPSA) is 110 Å². The molecule has 28 heavy (non-hydrogen) atoms. The number of nitro benzene ring substituents is 1. The predicted octanol–water partition coefficient (Wildman–Crippen LogP) is 4.75. The largest absolute Gasteiger partial charge is 0.419 e. The van der Waals surface area contributed by atoms with Crippen LogP contribution in [-0.2, 0) is 0 Å². The first kappa shape index (κ1) is 17.2. The SMILES string of the molecule is O=C(Nc1ccccn1)Oc1[nH]c2ccc([N+](=O)[O-])cc2c1-c1ccccc1. The molecule has 0 fully saturated rings. The van der Waals surface area contributed by atoms with Gasteiger partial charge in [-0.05, 0) is 23.8 Å². The first-order valence-electron chi connectivity index (χ1n) is 8.37. The lowest BCUT2D eigenvalue weighted by Gasteiger charge is -2.07. The first-order chi connectivity index (χ1) is 13.6. The van der Waals surface area contributed by atoms with Gasteiger partial charge in [0.15, 0.2) is 0 Å². The van der Waals surface area contributed by atoms with E-state index in [-0.39, 0.29) is 11.6 Å². The maximum absolute atomic E-state index is 12.3. The van der Waals surface area contributed by atoms with E-state index in [9.17, 15) is 14.9 Å². The van der Waals surface area contributed by atoms with Crippen molar-refractivity contribution in [2.75, 3.05) is 5.32 Å². The summed E-state index contributed by atoms with van der Waals surface area (Å²) in [7, 11) is 0. The Bertz CT molecular complexity index is 1160. The standard InChI is InChI=1S/C20H14N4O4/c25-20(23-17-8-4-5-11-21-17)28-19-18(13-6-2-1-3-7-13)15-12-14(24(26)27)9-10-16(15)22-19/h1-12,22H,(H,21,23,25). The minimum absolute atomic E-state index is 0.0480. The van der Waals surface area contributed by atoms with Gasteiger partial charge in [0, 0.05) is 29.2 Å². The average molecular weight is 374 g/mol. The Labute approximate surface area is 158 Å². The number of anilines is 1. The second kappa shape index (κ2) is 7.20. The molecule has 4 rings (SSSR count). The fraction of sp³-hybridized carbons (Fsp3) is 0. The van der Waals surface area contributed by atoms with Crippen molar-refractivity contribution in [3.63, 3.8) is 0 Å². The zero-order chi connectivity index (χ0) is 19.5. The molecule has 0 saturated carbocycles. The van der Waals surface area contributed by atoms with Crippen LogP contribution in [0.3, 0.4) is 0 Å². The van der Waals surface area contributed by atoms with Gasteiger partial charge in [0.05, 0.1) is 10.5 Å². The van der Waals surface area contributed by atoms with Crippen molar-refractivity contribution in [1.29, 1.82) is 0 Å². The minimum atomic E-state index is -0.725. The lowest BCUT2D eigenvalue weighted by atomic mass is 10.0. The smallest absolute Gasteiger partial charge is 0.392 e. The van der Waals surface area contributed by atoms with Gasteiger partial charge in [-0.1, -0.05) is 36.4 Å². The fourth-order valence-electron chi connectivity index (χ4n) is 2.90. The van der Waals surface area contributed by atoms with Gasteiger partial charge in [0.2, 0.25) is 5.88 Å². The number of nitro groups is 1. The van der Waals surface area contributed by atoms with Crippen LogP contribution in [0.15, 0.2) is 72.9 Å². The summed E-state index contributed by atoms with van der Waals surface area (Å²) in [5.41, 5.74) is 1.89. The van der Waals surface area contributed by atoms with Gasteiger partial charge in [-0.3, -0.25) is 15.4 Å². The van der Waals surface area contributed by atoms with Gasteiger partial charge in [-0.2, -0.15) is 0 Å². The van der Waals surface area contributed by atoms with Gasteiger partial charge in [0.1, 0.15) is 5.82 Å². The lowest BCUT2D eigenvalue weighted by Crippen LogP contribution is -2.17. The molecule has 0 saturated heterocycles. The number of benzene rings is 2. The number of ether oxygens (including phenoxy) is 1. The molecule has 0 aliphatic heterocycles. The van der Waals surface area contributed by atoms with Crippen LogP contribution < -0.4 is 10.1 Å². The molecule has 1 amide bonds. The Balaban J connectivity index is 1.76. The highest BCUT2D eigenvalue weighted by Crippen LogP contribution is 2.38. The third-order valence-corrected chi connectivity index (χ3v) is 4.11. The summed E-state index contributed by atoms with van der Waals surface area (Å²) in [5.74, 6) is 0.538. The van der Waals surface area contributed by atoms with Crippen molar-refractivity contribution in [1.82, 2.24) is 9.97 Å². The van der Waals surface area contributed by atoms with Crippen molar-refractivity contribution in [2.45, 2.75) is 0 Å². The van der Waals surface area contributed by atoms with Crippen molar-refractivity contribution in [3.05, 3.63) is 83.0 Å². The van der Waals surface area contributed by atoms with Crippen LogP contribution in [0.25, 0.3) is 22.0 Å². The number of hydrogen-bond donors (Lipinski definition) is 2. The Hall–Kier alpha value is -4.20. The van der Waals surface area contributed by atoms with E-state index >= 15 is 0 Å². The number of rotatable bonds is 4. The van der Waals surface area contributed by atoms with E-state index in [0.29, 0.717) is 22.3 Å². The van der Waals surface area contributed by atoms with Gasteiger partial charge >= 0.3 is 6.09 Å². The van der Waals surface area contributed by atoms with Crippen molar-refractivity contribution in [3.8, 4) is 17.0 Å². The number of non-ortho nitro benzene ring substituents is 1. The van der Waals surface area contributed by atoms with E-state index < -0.39 is 11.0 Å². The Morgan fingerprint density at radius 2 is 1.86 bits per heavy atom. The van der Waals surface area contributed by atoms with E-state index in [4.69, 9.17) is 4.74 Å². The van der Waals surface area contributed by atoms with Crippen LogP contribution in [0.5, 0.6) is 5.88 Å². The molecule has 0 spiro atoms. The maximum Gasteiger partial charge on any atom is 0.419 e. The van der Waals surface area contributed by atoms with E-state index in [1.165, 1.54) is 12.1 Å². The number of nitrogens with zero attached hydrogens (tertiary/aromatic N) is 2. The molecule has 2 aromatic heterocycles. The van der Waals surface area contributed by atoms with E-state index in [1.54, 1.807) is 30.5 Å². The van der Waals surface area contributed by atoms with E-state index in [0.717, 1.165) is 5.56 Å². The zero-order valence-electron chi connectivity index (χ0n) is 14.5. The Morgan fingerprint density at radius 1 is 1.07 bits per heavy atom. The number of aromatic amines is 1. The number of nitrogens with one attached hydrogen (secondary N) is 2. The summed E-state index contributed by atoms with van der Waals surface area (Å²) < 4.78 is 5.47. The number of amides is 1. The molecule has 2 aromatic carbocycles. The molecule has 0 bridgehead atoms. The van der Waals surface area contributed by atoms with Crippen LogP contribution in [0, 0.1) is 10.1 Å². The van der Waals surface area contributed by atoms with Crippen LogP contribution in [0.2, 0.25) is 0 Å². The monoisotopic (exact) mass is 374 g/mol. The van der Waals surface area contributed by atoms with Crippen molar-refractivity contribution >= 4 is 28.5 Å². The molecule has 0 aliphatic carbocycles. The first-order valence-corrected chi connectivity index (χ1v) is 8.37. The highest BCUT2D eigenvalue weighted by atomic mass is 16.6. The number of carbonyl (C=O) groups is 1. The molecule has 2 heterocycles. The summed E-state index contributed by atoms with van der Waals surface area (Å²) in [6.45, 7) is 0.